The number of rotatable bonds is 4. The van der Waals surface area contributed by atoms with E-state index in [1.165, 1.54) is 31.0 Å². The molecule has 1 aliphatic carbocycles. The Bertz CT molecular complexity index is 1310. The van der Waals surface area contributed by atoms with Crippen LogP contribution >= 0.6 is 7.14 Å². The van der Waals surface area contributed by atoms with Gasteiger partial charge in [-0.15, -0.1) is 0 Å². The van der Waals surface area contributed by atoms with Crippen molar-refractivity contribution in [2.24, 2.45) is 0 Å². The molecule has 1 aliphatic heterocycles. The van der Waals surface area contributed by atoms with Gasteiger partial charge in [0.15, 0.2) is 0 Å². The summed E-state index contributed by atoms with van der Waals surface area (Å²) in [5, 5.41) is 7.05. The van der Waals surface area contributed by atoms with E-state index >= 15 is 0 Å². The first-order valence-corrected chi connectivity index (χ1v) is 13.1. The standard InChI is InChI=1S/C22H24B2F2N3O2P/c23-22(24,20-16-5-2-14(25)12-17(16)21(30)28-27-20)13-1-6-18(26)19(11-13)32(31)9-7-29(8-10-32)15-3-4-15/h1-2,5-6,11-12,15H,3-4,7-10,23-24H2,(H,28,30). The van der Waals surface area contributed by atoms with Crippen molar-refractivity contribution in [3.8, 4) is 0 Å². The van der Waals surface area contributed by atoms with Crippen LogP contribution in [-0.4, -0.2) is 62.2 Å². The van der Waals surface area contributed by atoms with Crippen molar-refractivity contribution in [2.45, 2.75) is 24.1 Å². The molecule has 0 bridgehead atoms. The Morgan fingerprint density at radius 2 is 1.78 bits per heavy atom. The Hall–Kier alpha value is -2.24. The van der Waals surface area contributed by atoms with Crippen molar-refractivity contribution in [1.82, 2.24) is 15.1 Å². The molecule has 1 saturated heterocycles. The van der Waals surface area contributed by atoms with Gasteiger partial charge in [0.25, 0.3) is 5.56 Å². The summed E-state index contributed by atoms with van der Waals surface area (Å²) in [7, 11) is 0.984. The molecule has 164 valence electrons. The SMILES string of the molecule is BC(B)(c1ccc(F)c(P2(=O)CCN(C3CC3)CC2)c1)c1n[nH]c(=O)c2cc(F)ccc12. The first-order chi connectivity index (χ1) is 15.2. The molecule has 2 aromatic carbocycles. The molecule has 2 heterocycles. The molecular formula is C22H24B2F2N3O2P. The quantitative estimate of drug-likeness (QED) is 0.476. The van der Waals surface area contributed by atoms with Crippen LogP contribution in [0.25, 0.3) is 10.8 Å². The van der Waals surface area contributed by atoms with E-state index in [0.717, 1.165) is 18.7 Å². The van der Waals surface area contributed by atoms with Gasteiger partial charge in [0.05, 0.1) is 11.1 Å². The van der Waals surface area contributed by atoms with Crippen molar-refractivity contribution >= 4 is 38.9 Å². The summed E-state index contributed by atoms with van der Waals surface area (Å²) in [6.45, 7) is 1.49. The van der Waals surface area contributed by atoms with Gasteiger partial charge in [0.2, 0.25) is 0 Å². The van der Waals surface area contributed by atoms with Crippen LogP contribution in [-0.2, 0) is 9.78 Å². The zero-order valence-electron chi connectivity index (χ0n) is 18.2. The van der Waals surface area contributed by atoms with Crippen molar-refractivity contribution in [1.29, 1.82) is 0 Å². The van der Waals surface area contributed by atoms with Crippen molar-refractivity contribution < 1.29 is 13.3 Å². The molecule has 5 rings (SSSR count). The van der Waals surface area contributed by atoms with Gasteiger partial charge in [-0.2, -0.15) is 5.10 Å². The van der Waals surface area contributed by atoms with Gasteiger partial charge in [-0.05, 0) is 48.4 Å². The maximum atomic E-state index is 14.9. The van der Waals surface area contributed by atoms with Crippen LogP contribution in [0.4, 0.5) is 8.78 Å². The number of nitrogens with one attached hydrogen (secondary N) is 1. The summed E-state index contributed by atoms with van der Waals surface area (Å²) in [6, 6.07) is 9.42. The number of hydrogen-bond donors (Lipinski definition) is 1. The minimum Gasteiger partial charge on any atom is -0.318 e. The fourth-order valence-corrected chi connectivity index (χ4v) is 7.52. The van der Waals surface area contributed by atoms with Gasteiger partial charge in [-0.1, -0.05) is 11.6 Å². The second-order valence-corrected chi connectivity index (χ2v) is 12.6. The van der Waals surface area contributed by atoms with Crippen molar-refractivity contribution in [2.75, 3.05) is 25.4 Å². The molecule has 3 aromatic rings. The van der Waals surface area contributed by atoms with Gasteiger partial charge in [0.1, 0.15) is 34.5 Å². The summed E-state index contributed by atoms with van der Waals surface area (Å²) in [5.74, 6) is -0.938. The molecule has 2 fully saturated rings. The van der Waals surface area contributed by atoms with E-state index in [1.54, 1.807) is 18.2 Å². The summed E-state index contributed by atoms with van der Waals surface area (Å²) in [5.41, 5.74) is 0.830. The second kappa shape index (κ2) is 7.67. The number of benzene rings is 2. The Labute approximate surface area is 186 Å². The van der Waals surface area contributed by atoms with Gasteiger partial charge in [-0.25, -0.2) is 13.9 Å². The monoisotopic (exact) mass is 453 g/mol. The molecule has 2 aliphatic rings. The summed E-state index contributed by atoms with van der Waals surface area (Å²) >= 11 is 0. The molecule has 0 spiro atoms. The van der Waals surface area contributed by atoms with E-state index in [0.29, 0.717) is 34.8 Å². The molecule has 10 heteroatoms. The number of aromatic nitrogens is 2. The Morgan fingerprint density at radius 1 is 1.06 bits per heavy atom. The lowest BCUT2D eigenvalue weighted by Crippen LogP contribution is -2.39. The highest BCUT2D eigenvalue weighted by molar-refractivity contribution is 7.71. The molecule has 1 saturated carbocycles. The summed E-state index contributed by atoms with van der Waals surface area (Å²) in [4.78, 5) is 14.6. The molecule has 0 amide bonds. The van der Waals surface area contributed by atoms with Crippen molar-refractivity contribution in [3.05, 3.63) is 69.6 Å². The zero-order valence-corrected chi connectivity index (χ0v) is 19.1. The molecular weight excluding hydrogens is 429 g/mol. The number of halogens is 2. The number of fused-ring (bicyclic) bond motifs is 1. The Balaban J connectivity index is 1.56. The van der Waals surface area contributed by atoms with E-state index < -0.39 is 29.5 Å². The van der Waals surface area contributed by atoms with Crippen LogP contribution in [0.15, 0.2) is 41.2 Å². The van der Waals surface area contributed by atoms with Crippen LogP contribution in [0.1, 0.15) is 24.1 Å². The maximum Gasteiger partial charge on any atom is 0.272 e. The third kappa shape index (κ3) is 3.65. The molecule has 0 radical (unpaired) electrons. The van der Waals surface area contributed by atoms with Crippen LogP contribution in [0.3, 0.4) is 0 Å². The van der Waals surface area contributed by atoms with Crippen LogP contribution in [0.5, 0.6) is 0 Å². The normalized spacial score (nSPS) is 19.3. The number of nitrogens with zero attached hydrogens (tertiary/aromatic N) is 2. The van der Waals surface area contributed by atoms with E-state index in [2.05, 4.69) is 15.1 Å². The molecule has 32 heavy (non-hydrogen) atoms. The topological polar surface area (TPSA) is 66.1 Å². The minimum absolute atomic E-state index is 0.214. The van der Waals surface area contributed by atoms with E-state index in [1.807, 2.05) is 15.7 Å². The first-order valence-electron chi connectivity index (χ1n) is 11.0. The predicted molar refractivity (Wildman–Crippen MR) is 128 cm³/mol. The largest absolute Gasteiger partial charge is 0.318 e. The predicted octanol–water partition coefficient (Wildman–Crippen LogP) is 1.13. The summed E-state index contributed by atoms with van der Waals surface area (Å²) < 4.78 is 42.4. The molecule has 0 unspecified atom stereocenters. The number of hydrogen-bond acceptors (Lipinski definition) is 4. The van der Waals surface area contributed by atoms with Crippen LogP contribution in [0.2, 0.25) is 0 Å². The van der Waals surface area contributed by atoms with Crippen LogP contribution in [0, 0.1) is 11.6 Å². The zero-order chi connectivity index (χ0) is 22.7. The van der Waals surface area contributed by atoms with Crippen molar-refractivity contribution in [3.63, 3.8) is 0 Å². The molecule has 0 atom stereocenters. The highest BCUT2D eigenvalue weighted by atomic mass is 31.2. The fraction of sp³-hybridized carbons (Fsp3) is 0.364. The molecule has 5 nitrogen and oxygen atoms in total. The Morgan fingerprint density at radius 3 is 2.47 bits per heavy atom. The second-order valence-electron chi connectivity index (χ2n) is 9.49. The lowest BCUT2D eigenvalue weighted by molar-refractivity contribution is 0.285. The maximum absolute atomic E-state index is 14.9. The number of H-pyrrole nitrogens is 1. The lowest BCUT2D eigenvalue weighted by Gasteiger charge is -2.33. The highest BCUT2D eigenvalue weighted by Crippen LogP contribution is 2.49. The van der Waals surface area contributed by atoms with E-state index in [4.69, 9.17) is 0 Å². The van der Waals surface area contributed by atoms with Gasteiger partial charge < -0.3 is 4.57 Å². The number of aromatic amines is 1. The summed E-state index contributed by atoms with van der Waals surface area (Å²) in [6.07, 6.45) is 3.38. The van der Waals surface area contributed by atoms with Gasteiger partial charge >= 0.3 is 0 Å². The molecule has 1 aromatic heterocycles. The third-order valence-corrected chi connectivity index (χ3v) is 10.1. The fourth-order valence-electron chi connectivity index (χ4n) is 4.81. The molecule has 1 N–H and O–H groups in total. The van der Waals surface area contributed by atoms with Gasteiger partial charge in [0, 0.05) is 42.1 Å². The van der Waals surface area contributed by atoms with E-state index in [-0.39, 0.29) is 5.39 Å². The average Bonchev–Trinajstić information content (AvgIpc) is 3.60. The smallest absolute Gasteiger partial charge is 0.272 e. The minimum atomic E-state index is -2.85. The van der Waals surface area contributed by atoms with Gasteiger partial charge in [-0.3, -0.25) is 9.69 Å². The average molecular weight is 453 g/mol. The van der Waals surface area contributed by atoms with E-state index in [9.17, 15) is 18.1 Å². The highest BCUT2D eigenvalue weighted by Gasteiger charge is 2.39. The first kappa shape index (κ1) is 21.6. The third-order valence-electron chi connectivity index (χ3n) is 7.01. The lowest BCUT2D eigenvalue weighted by atomic mass is 9.49. The van der Waals surface area contributed by atoms with Crippen LogP contribution < -0.4 is 10.9 Å². The Kier molecular flexibility index (Phi) is 5.18.